The van der Waals surface area contributed by atoms with E-state index in [4.69, 9.17) is 0 Å². The fourth-order valence-corrected chi connectivity index (χ4v) is 2.87. The first-order valence-corrected chi connectivity index (χ1v) is 8.23. The maximum atomic E-state index is 13.1. The van der Waals surface area contributed by atoms with Gasteiger partial charge in [0.25, 0.3) is 0 Å². The number of urea groups is 1. The number of amides is 2. The Hall–Kier alpha value is -1.62. The highest BCUT2D eigenvalue weighted by Gasteiger charge is 2.27. The normalized spacial score (nSPS) is 19.2. The lowest BCUT2D eigenvalue weighted by Gasteiger charge is -2.34. The fourth-order valence-electron chi connectivity index (χ4n) is 2.87. The van der Waals surface area contributed by atoms with Crippen molar-refractivity contribution in [2.24, 2.45) is 0 Å². The number of carbonyl (C=O) groups excluding carboxylic acids is 1. The molecule has 2 aliphatic rings. The van der Waals surface area contributed by atoms with E-state index in [0.717, 1.165) is 64.0 Å². The Balaban J connectivity index is 1.34. The average molecular weight is 305 g/mol. The number of carbonyl (C=O) groups is 1. The molecule has 1 aromatic carbocycles. The fraction of sp³-hybridized carbons (Fsp3) is 0.588. The van der Waals surface area contributed by atoms with Crippen molar-refractivity contribution < 1.29 is 9.18 Å². The van der Waals surface area contributed by atoms with E-state index >= 15 is 0 Å². The van der Waals surface area contributed by atoms with E-state index in [2.05, 4.69) is 10.2 Å². The zero-order valence-electron chi connectivity index (χ0n) is 12.9. The topological polar surface area (TPSA) is 35.6 Å². The van der Waals surface area contributed by atoms with Gasteiger partial charge in [0.2, 0.25) is 0 Å². The molecule has 1 aliphatic carbocycles. The van der Waals surface area contributed by atoms with E-state index in [0.29, 0.717) is 6.04 Å². The summed E-state index contributed by atoms with van der Waals surface area (Å²) < 4.78 is 13.1. The summed E-state index contributed by atoms with van der Waals surface area (Å²) in [5, 5.41) is 3.04. The third-order valence-corrected chi connectivity index (χ3v) is 4.39. The molecule has 1 aliphatic heterocycles. The van der Waals surface area contributed by atoms with Gasteiger partial charge in [-0.2, -0.15) is 0 Å². The summed E-state index contributed by atoms with van der Waals surface area (Å²) in [5.41, 5.74) is 1.06. The smallest absolute Gasteiger partial charge is 0.317 e. The van der Waals surface area contributed by atoms with Crippen LogP contribution >= 0.6 is 0 Å². The van der Waals surface area contributed by atoms with Crippen molar-refractivity contribution in [3.05, 3.63) is 35.6 Å². The van der Waals surface area contributed by atoms with Crippen LogP contribution in [0, 0.1) is 5.82 Å². The van der Waals surface area contributed by atoms with Crippen LogP contribution < -0.4 is 5.32 Å². The molecule has 22 heavy (non-hydrogen) atoms. The molecule has 1 N–H and O–H groups in total. The molecule has 2 fully saturated rings. The first-order chi connectivity index (χ1) is 10.7. The van der Waals surface area contributed by atoms with Crippen LogP contribution in [0.5, 0.6) is 0 Å². The molecular formula is C17H24FN3O. The van der Waals surface area contributed by atoms with Gasteiger partial charge in [0.1, 0.15) is 5.82 Å². The molecule has 0 spiro atoms. The molecule has 3 rings (SSSR count). The molecule has 2 amide bonds. The van der Waals surface area contributed by atoms with Crippen molar-refractivity contribution >= 4 is 6.03 Å². The van der Waals surface area contributed by atoms with E-state index < -0.39 is 0 Å². The van der Waals surface area contributed by atoms with E-state index in [1.165, 1.54) is 6.07 Å². The Morgan fingerprint density at radius 3 is 2.68 bits per heavy atom. The molecule has 1 saturated carbocycles. The lowest BCUT2D eigenvalue weighted by molar-refractivity contribution is 0.138. The molecule has 0 bridgehead atoms. The van der Waals surface area contributed by atoms with E-state index in [-0.39, 0.29) is 11.8 Å². The van der Waals surface area contributed by atoms with Crippen molar-refractivity contribution in [3.63, 3.8) is 0 Å². The minimum absolute atomic E-state index is 0.0990. The molecule has 4 nitrogen and oxygen atoms in total. The Kier molecular flexibility index (Phi) is 4.93. The predicted octanol–water partition coefficient (Wildman–Crippen LogP) is 2.25. The highest BCUT2D eigenvalue weighted by molar-refractivity contribution is 5.75. The van der Waals surface area contributed by atoms with Crippen molar-refractivity contribution in [2.75, 3.05) is 32.7 Å². The van der Waals surface area contributed by atoms with Gasteiger partial charge < -0.3 is 10.2 Å². The number of halogens is 1. The van der Waals surface area contributed by atoms with Gasteiger partial charge in [-0.25, -0.2) is 9.18 Å². The second-order valence-corrected chi connectivity index (χ2v) is 6.29. The van der Waals surface area contributed by atoms with Crippen molar-refractivity contribution in [1.29, 1.82) is 0 Å². The van der Waals surface area contributed by atoms with Gasteiger partial charge in [-0.05, 0) is 49.9 Å². The highest BCUT2D eigenvalue weighted by Crippen LogP contribution is 2.19. The summed E-state index contributed by atoms with van der Waals surface area (Å²) in [6.45, 7) is 4.48. The van der Waals surface area contributed by atoms with Gasteiger partial charge in [-0.3, -0.25) is 4.90 Å². The number of rotatable bonds is 5. The minimum Gasteiger partial charge on any atom is -0.335 e. The quantitative estimate of drug-likeness (QED) is 0.905. The van der Waals surface area contributed by atoms with Crippen molar-refractivity contribution in [3.8, 4) is 0 Å². The van der Waals surface area contributed by atoms with E-state index in [1.807, 2.05) is 11.0 Å². The number of aryl methyl sites for hydroxylation is 1. The van der Waals surface area contributed by atoms with Crippen LogP contribution in [0.1, 0.15) is 24.8 Å². The second kappa shape index (κ2) is 7.09. The third kappa shape index (κ3) is 4.44. The SMILES string of the molecule is O=C(NC1CC1)N1CCN(CCCc2cccc(F)c2)CC1. The number of hydrogen-bond acceptors (Lipinski definition) is 2. The molecule has 0 aromatic heterocycles. The van der Waals surface area contributed by atoms with Crippen molar-refractivity contribution in [1.82, 2.24) is 15.1 Å². The summed E-state index contributed by atoms with van der Waals surface area (Å²) in [5.74, 6) is -0.159. The van der Waals surface area contributed by atoms with Gasteiger partial charge in [-0.15, -0.1) is 0 Å². The Morgan fingerprint density at radius 1 is 1.23 bits per heavy atom. The van der Waals surface area contributed by atoms with Gasteiger partial charge >= 0.3 is 6.03 Å². The van der Waals surface area contributed by atoms with Crippen LogP contribution in [-0.4, -0.2) is 54.6 Å². The number of nitrogens with one attached hydrogen (secondary N) is 1. The van der Waals surface area contributed by atoms with E-state index in [1.54, 1.807) is 12.1 Å². The molecule has 1 heterocycles. The summed E-state index contributed by atoms with van der Waals surface area (Å²) >= 11 is 0. The average Bonchev–Trinajstić information content (AvgIpc) is 3.32. The molecule has 0 radical (unpaired) electrons. The van der Waals surface area contributed by atoms with Crippen LogP contribution in [0.3, 0.4) is 0 Å². The Bertz CT molecular complexity index is 510. The molecule has 120 valence electrons. The third-order valence-electron chi connectivity index (χ3n) is 4.39. The summed E-state index contributed by atoms with van der Waals surface area (Å²) in [6, 6.07) is 7.36. The maximum Gasteiger partial charge on any atom is 0.317 e. The van der Waals surface area contributed by atoms with Crippen LogP contribution in [0.15, 0.2) is 24.3 Å². The van der Waals surface area contributed by atoms with Crippen LogP contribution in [0.25, 0.3) is 0 Å². The zero-order valence-corrected chi connectivity index (χ0v) is 12.9. The minimum atomic E-state index is -0.159. The first kappa shape index (κ1) is 15.3. The predicted molar refractivity (Wildman–Crippen MR) is 84.3 cm³/mol. The van der Waals surface area contributed by atoms with Crippen molar-refractivity contribution in [2.45, 2.75) is 31.7 Å². The van der Waals surface area contributed by atoms with Crippen LogP contribution in [0.2, 0.25) is 0 Å². The lowest BCUT2D eigenvalue weighted by Crippen LogP contribution is -2.52. The monoisotopic (exact) mass is 305 g/mol. The number of benzene rings is 1. The number of nitrogens with zero attached hydrogens (tertiary/aromatic N) is 2. The first-order valence-electron chi connectivity index (χ1n) is 8.23. The van der Waals surface area contributed by atoms with Crippen LogP contribution in [-0.2, 0) is 6.42 Å². The van der Waals surface area contributed by atoms with Gasteiger partial charge in [0.15, 0.2) is 0 Å². The largest absolute Gasteiger partial charge is 0.335 e. The lowest BCUT2D eigenvalue weighted by atomic mass is 10.1. The van der Waals surface area contributed by atoms with Crippen LogP contribution in [0.4, 0.5) is 9.18 Å². The summed E-state index contributed by atoms with van der Waals surface area (Å²) in [7, 11) is 0. The second-order valence-electron chi connectivity index (χ2n) is 6.29. The Labute approximate surface area is 131 Å². The molecule has 0 atom stereocenters. The molecule has 1 aromatic rings. The Morgan fingerprint density at radius 2 is 2.00 bits per heavy atom. The highest BCUT2D eigenvalue weighted by atomic mass is 19.1. The zero-order chi connectivity index (χ0) is 15.4. The van der Waals surface area contributed by atoms with Gasteiger partial charge in [-0.1, -0.05) is 12.1 Å². The molecule has 5 heteroatoms. The standard InChI is InChI=1S/C17H24FN3O/c18-15-5-1-3-14(13-15)4-2-8-20-9-11-21(12-10-20)17(22)19-16-6-7-16/h1,3,5,13,16H,2,4,6-12H2,(H,19,22). The molecular weight excluding hydrogens is 281 g/mol. The number of hydrogen-bond donors (Lipinski definition) is 1. The summed E-state index contributed by atoms with van der Waals surface area (Å²) in [4.78, 5) is 16.3. The summed E-state index contributed by atoms with van der Waals surface area (Å²) in [6.07, 6.45) is 4.19. The van der Waals surface area contributed by atoms with Gasteiger partial charge in [0, 0.05) is 32.2 Å². The van der Waals surface area contributed by atoms with E-state index in [9.17, 15) is 9.18 Å². The molecule has 0 unspecified atom stereocenters. The molecule has 1 saturated heterocycles. The number of piperazine rings is 1. The van der Waals surface area contributed by atoms with Gasteiger partial charge in [0.05, 0.1) is 0 Å². The maximum absolute atomic E-state index is 13.1.